The van der Waals surface area contributed by atoms with Crippen molar-refractivity contribution in [2.75, 3.05) is 27.7 Å². The minimum absolute atomic E-state index is 0.643. The van der Waals surface area contributed by atoms with Crippen molar-refractivity contribution in [1.29, 1.82) is 0 Å². The van der Waals surface area contributed by atoms with Crippen LogP contribution in [0, 0.1) is 13.8 Å². The molecule has 0 amide bonds. The molecule has 0 saturated heterocycles. The van der Waals surface area contributed by atoms with Crippen LogP contribution in [0.25, 0.3) is 28.1 Å². The minimum Gasteiger partial charge on any atom is -0.496 e. The molecule has 4 aromatic rings. The van der Waals surface area contributed by atoms with Crippen LogP contribution in [-0.4, -0.2) is 56.8 Å². The molecule has 0 N–H and O–H groups in total. The topological polar surface area (TPSA) is 60.5 Å². The number of ether oxygens (including phenoxy) is 1. The molecule has 0 spiro atoms. The van der Waals surface area contributed by atoms with Gasteiger partial charge in [-0.3, -0.25) is 0 Å². The number of methoxy groups -OCH3 is 1. The van der Waals surface area contributed by atoms with Gasteiger partial charge < -0.3 is 14.2 Å². The summed E-state index contributed by atoms with van der Waals surface area (Å²) in [7, 11) is 5.86. The lowest BCUT2D eigenvalue weighted by Crippen LogP contribution is -2.15. The zero-order valence-electron chi connectivity index (χ0n) is 17.1. The van der Waals surface area contributed by atoms with Crippen LogP contribution in [0.3, 0.4) is 0 Å². The molecule has 7 heteroatoms. The number of para-hydroxylation sites is 1. The van der Waals surface area contributed by atoms with Crippen LogP contribution in [0.15, 0.2) is 30.6 Å². The van der Waals surface area contributed by atoms with Crippen LogP contribution in [0.2, 0.25) is 0 Å². The van der Waals surface area contributed by atoms with E-state index in [4.69, 9.17) is 14.7 Å². The first-order chi connectivity index (χ1) is 13.5. The summed E-state index contributed by atoms with van der Waals surface area (Å²) in [4.78, 5) is 11.8. The molecule has 0 bridgehead atoms. The first-order valence-corrected chi connectivity index (χ1v) is 9.50. The third-order valence-electron chi connectivity index (χ3n) is 5.28. The van der Waals surface area contributed by atoms with Crippen LogP contribution in [0.4, 0.5) is 0 Å². The number of hydrogen-bond acceptors (Lipinski definition) is 5. The fourth-order valence-corrected chi connectivity index (χ4v) is 3.69. The third kappa shape index (κ3) is 3.01. The van der Waals surface area contributed by atoms with Crippen molar-refractivity contribution in [3.05, 3.63) is 41.9 Å². The monoisotopic (exact) mass is 378 g/mol. The minimum atomic E-state index is 0.643. The molecule has 0 aliphatic heterocycles. The van der Waals surface area contributed by atoms with Crippen molar-refractivity contribution in [2.45, 2.75) is 26.8 Å². The van der Waals surface area contributed by atoms with E-state index in [9.17, 15) is 0 Å². The number of nitrogens with zero attached hydrogens (tertiary/aromatic N) is 6. The Morgan fingerprint density at radius 3 is 2.64 bits per heavy atom. The van der Waals surface area contributed by atoms with Crippen LogP contribution >= 0.6 is 0 Å². The van der Waals surface area contributed by atoms with Gasteiger partial charge in [0.2, 0.25) is 0 Å². The number of benzene rings is 1. The van der Waals surface area contributed by atoms with E-state index in [1.807, 2.05) is 24.3 Å². The average molecular weight is 378 g/mol. The Morgan fingerprint density at radius 2 is 1.89 bits per heavy atom. The molecule has 0 atom stereocenters. The Balaban J connectivity index is 1.85. The number of rotatable bonds is 6. The highest BCUT2D eigenvalue weighted by atomic mass is 16.5. The Morgan fingerprint density at radius 1 is 1.11 bits per heavy atom. The lowest BCUT2D eigenvalue weighted by atomic mass is 10.2. The molecule has 1 aromatic carbocycles. The van der Waals surface area contributed by atoms with E-state index >= 15 is 0 Å². The summed E-state index contributed by atoms with van der Waals surface area (Å²) < 4.78 is 9.54. The fourth-order valence-electron chi connectivity index (χ4n) is 3.69. The van der Waals surface area contributed by atoms with Crippen molar-refractivity contribution in [1.82, 2.24) is 29.0 Å². The van der Waals surface area contributed by atoms with E-state index in [0.29, 0.717) is 5.82 Å². The first-order valence-electron chi connectivity index (χ1n) is 9.50. The largest absolute Gasteiger partial charge is 0.496 e. The van der Waals surface area contributed by atoms with Gasteiger partial charge in [0.15, 0.2) is 11.5 Å². The normalized spacial score (nSPS) is 11.8. The molecule has 0 saturated carbocycles. The van der Waals surface area contributed by atoms with Gasteiger partial charge in [0.1, 0.15) is 17.7 Å². The molecule has 3 aromatic heterocycles. The molecule has 146 valence electrons. The van der Waals surface area contributed by atoms with Gasteiger partial charge in [0.05, 0.1) is 18.1 Å². The highest BCUT2D eigenvalue weighted by Crippen LogP contribution is 2.31. The van der Waals surface area contributed by atoms with Gasteiger partial charge in [-0.2, -0.15) is 0 Å². The molecule has 28 heavy (non-hydrogen) atoms. The van der Waals surface area contributed by atoms with Crippen molar-refractivity contribution >= 4 is 16.7 Å². The van der Waals surface area contributed by atoms with Crippen molar-refractivity contribution in [2.24, 2.45) is 0 Å². The number of hydrogen-bond donors (Lipinski definition) is 0. The van der Waals surface area contributed by atoms with E-state index in [1.165, 1.54) is 11.3 Å². The predicted molar refractivity (Wildman–Crippen MR) is 111 cm³/mol. The third-order valence-corrected chi connectivity index (χ3v) is 5.28. The number of aryl methyl sites for hydroxylation is 2. The van der Waals surface area contributed by atoms with E-state index in [-0.39, 0.29) is 0 Å². The van der Waals surface area contributed by atoms with Crippen LogP contribution < -0.4 is 4.74 Å². The van der Waals surface area contributed by atoms with Crippen molar-refractivity contribution < 1.29 is 4.74 Å². The molecule has 7 nitrogen and oxygen atoms in total. The Bertz CT molecular complexity index is 1140. The summed E-state index contributed by atoms with van der Waals surface area (Å²) in [6, 6.07) is 7.81. The summed E-state index contributed by atoms with van der Waals surface area (Å²) >= 11 is 0. The number of fused-ring (bicyclic) bond motifs is 3. The van der Waals surface area contributed by atoms with Gasteiger partial charge >= 0.3 is 0 Å². The fraction of sp³-hybridized carbons (Fsp3) is 0.381. The van der Waals surface area contributed by atoms with Crippen LogP contribution in [0.1, 0.15) is 17.7 Å². The Hall–Kier alpha value is -2.93. The summed E-state index contributed by atoms with van der Waals surface area (Å²) in [5, 5.41) is 5.72. The summed E-state index contributed by atoms with van der Waals surface area (Å²) in [6.07, 6.45) is 2.83. The molecule has 3 heterocycles. The lowest BCUT2D eigenvalue weighted by Gasteiger charge is -2.11. The second-order valence-electron chi connectivity index (χ2n) is 7.37. The summed E-state index contributed by atoms with van der Waals surface area (Å²) in [6.45, 7) is 6.27. The maximum atomic E-state index is 5.48. The summed E-state index contributed by atoms with van der Waals surface area (Å²) in [5.41, 5.74) is 5.12. The lowest BCUT2D eigenvalue weighted by molar-refractivity contribution is 0.387. The Labute approximate surface area is 164 Å². The van der Waals surface area contributed by atoms with Gasteiger partial charge in [-0.1, -0.05) is 12.1 Å². The SMILES string of the molecule is COc1ccccc1-c1nc2c3c(C)c(C)n(CCCN(C)C)c3ncn2n1. The van der Waals surface area contributed by atoms with Crippen LogP contribution in [-0.2, 0) is 6.54 Å². The maximum absolute atomic E-state index is 5.48. The highest BCUT2D eigenvalue weighted by molar-refractivity contribution is 5.94. The van der Waals surface area contributed by atoms with E-state index in [0.717, 1.165) is 47.5 Å². The van der Waals surface area contributed by atoms with E-state index < -0.39 is 0 Å². The molecule has 0 unspecified atom stereocenters. The van der Waals surface area contributed by atoms with E-state index in [1.54, 1.807) is 18.0 Å². The summed E-state index contributed by atoms with van der Waals surface area (Å²) in [5.74, 6) is 1.40. The molecule has 0 fully saturated rings. The second-order valence-corrected chi connectivity index (χ2v) is 7.37. The predicted octanol–water partition coefficient (Wildman–Crippen LogP) is 3.32. The Kier molecular flexibility index (Phi) is 4.77. The molecule has 4 rings (SSSR count). The molecule has 0 aliphatic carbocycles. The van der Waals surface area contributed by atoms with Crippen molar-refractivity contribution in [3.63, 3.8) is 0 Å². The van der Waals surface area contributed by atoms with Gasteiger partial charge in [0, 0.05) is 12.2 Å². The van der Waals surface area contributed by atoms with Gasteiger partial charge in [0.25, 0.3) is 0 Å². The van der Waals surface area contributed by atoms with E-state index in [2.05, 4.69) is 42.5 Å². The van der Waals surface area contributed by atoms with Crippen LogP contribution in [0.5, 0.6) is 5.75 Å². The number of aromatic nitrogens is 5. The molecule has 0 aliphatic rings. The standard InChI is InChI=1S/C21H26N6O/c1-14-15(2)26(12-8-11-25(3)4)20-18(14)21-23-19(24-27(21)13-22-20)16-9-6-7-10-17(16)28-5/h6-7,9-10,13H,8,11-12H2,1-5H3. The second kappa shape index (κ2) is 7.24. The quantitative estimate of drug-likeness (QED) is 0.515. The smallest absolute Gasteiger partial charge is 0.185 e. The zero-order chi connectivity index (χ0) is 19.8. The average Bonchev–Trinajstić information content (AvgIpc) is 3.22. The molecular weight excluding hydrogens is 352 g/mol. The van der Waals surface area contributed by atoms with Gasteiger partial charge in [-0.05, 0) is 58.6 Å². The van der Waals surface area contributed by atoms with Gasteiger partial charge in [-0.15, -0.1) is 5.10 Å². The maximum Gasteiger partial charge on any atom is 0.185 e. The highest BCUT2D eigenvalue weighted by Gasteiger charge is 2.19. The molecule has 0 radical (unpaired) electrons. The zero-order valence-corrected chi connectivity index (χ0v) is 17.1. The first kappa shape index (κ1) is 18.4. The van der Waals surface area contributed by atoms with Crippen molar-refractivity contribution in [3.8, 4) is 17.1 Å². The van der Waals surface area contributed by atoms with Gasteiger partial charge in [-0.25, -0.2) is 14.5 Å². The molecular formula is C21H26N6O.